The van der Waals surface area contributed by atoms with Crippen LogP contribution in [0.5, 0.6) is 0 Å². The number of carbonyl (C=O) groups is 2. The van der Waals surface area contributed by atoms with Crippen LogP contribution in [0.2, 0.25) is 0 Å². The first-order chi connectivity index (χ1) is 6.93. The van der Waals surface area contributed by atoms with E-state index in [1.165, 1.54) is 13.0 Å². The van der Waals surface area contributed by atoms with Gasteiger partial charge in [-0.25, -0.2) is 4.79 Å². The van der Waals surface area contributed by atoms with E-state index in [0.29, 0.717) is 6.42 Å². The molecule has 0 aromatic carbocycles. The minimum Gasteiger partial charge on any atom is -0.477 e. The molecule has 0 aromatic rings. The van der Waals surface area contributed by atoms with Crippen molar-refractivity contribution in [3.8, 4) is 0 Å². The third-order valence-corrected chi connectivity index (χ3v) is 2.23. The Bertz CT molecular complexity index is 273. The fourth-order valence-electron chi connectivity index (χ4n) is 0.937. The van der Waals surface area contributed by atoms with Crippen LogP contribution in [-0.2, 0) is 9.59 Å². The first-order valence-corrected chi connectivity index (χ1v) is 4.82. The molecule has 0 bridgehead atoms. The van der Waals surface area contributed by atoms with Crippen molar-refractivity contribution in [2.75, 3.05) is 0 Å². The number of carbonyl (C=O) groups excluding carboxylic acids is 1. The predicted octanol–water partition coefficient (Wildman–Crippen LogP) is 0.498. The molecular formula is C10H17NO4. The molecule has 0 aliphatic carbocycles. The molecule has 0 heterocycles. The number of allylic oxidation sites excluding steroid dienone is 1. The summed E-state index contributed by atoms with van der Waals surface area (Å²) < 4.78 is 0. The topological polar surface area (TPSA) is 86.6 Å². The molecule has 2 unspecified atom stereocenters. The zero-order chi connectivity index (χ0) is 12.0. The van der Waals surface area contributed by atoms with Crippen LogP contribution in [0.4, 0.5) is 0 Å². The van der Waals surface area contributed by atoms with E-state index < -0.39 is 18.0 Å². The first kappa shape index (κ1) is 13.6. The van der Waals surface area contributed by atoms with Gasteiger partial charge in [0, 0.05) is 0 Å². The number of amides is 1. The van der Waals surface area contributed by atoms with Crippen LogP contribution in [0.1, 0.15) is 27.2 Å². The lowest BCUT2D eigenvalue weighted by Crippen LogP contribution is -2.39. The van der Waals surface area contributed by atoms with E-state index in [9.17, 15) is 14.7 Å². The molecule has 0 saturated carbocycles. The maximum absolute atomic E-state index is 11.4. The molecule has 86 valence electrons. The second kappa shape index (κ2) is 6.19. The van der Waals surface area contributed by atoms with Gasteiger partial charge in [-0.2, -0.15) is 0 Å². The van der Waals surface area contributed by atoms with E-state index in [2.05, 4.69) is 5.32 Å². The van der Waals surface area contributed by atoms with Crippen LogP contribution in [0.15, 0.2) is 11.8 Å². The number of carboxylic acid groups (broad SMARTS) is 1. The monoisotopic (exact) mass is 215 g/mol. The second-order valence-corrected chi connectivity index (χ2v) is 3.33. The fourth-order valence-corrected chi connectivity index (χ4v) is 0.937. The molecule has 0 saturated heterocycles. The summed E-state index contributed by atoms with van der Waals surface area (Å²) in [5.74, 6) is -2.10. The molecular weight excluding hydrogens is 198 g/mol. The molecule has 0 fully saturated rings. The lowest BCUT2D eigenvalue weighted by molar-refractivity contribution is -0.137. The lowest BCUT2D eigenvalue weighted by Gasteiger charge is -2.16. The first-order valence-electron chi connectivity index (χ1n) is 4.82. The van der Waals surface area contributed by atoms with Crippen LogP contribution in [0, 0.1) is 5.92 Å². The van der Waals surface area contributed by atoms with Gasteiger partial charge < -0.3 is 15.5 Å². The van der Waals surface area contributed by atoms with Gasteiger partial charge in [0.15, 0.2) is 0 Å². The Morgan fingerprint density at radius 2 is 2.00 bits per heavy atom. The van der Waals surface area contributed by atoms with Crippen LogP contribution in [0.3, 0.4) is 0 Å². The third kappa shape index (κ3) is 4.12. The number of aliphatic carboxylic acids is 1. The van der Waals surface area contributed by atoms with Crippen molar-refractivity contribution >= 4 is 11.9 Å². The number of hydrogen-bond donors (Lipinski definition) is 3. The third-order valence-electron chi connectivity index (χ3n) is 2.23. The molecule has 0 rings (SSSR count). The van der Waals surface area contributed by atoms with Crippen molar-refractivity contribution in [1.29, 1.82) is 0 Å². The number of nitrogens with one attached hydrogen (secondary N) is 1. The standard InChI is InChI=1S/C10H17NO4/c1-4-6(3)8(12)9(13)11-7(5-2)10(14)15/h5-6,8,12H,4H2,1-3H3,(H,11,13)(H,14,15)/b7-5-. The average molecular weight is 215 g/mol. The predicted molar refractivity (Wildman–Crippen MR) is 55.0 cm³/mol. The number of rotatable bonds is 5. The summed E-state index contributed by atoms with van der Waals surface area (Å²) in [7, 11) is 0. The Hall–Kier alpha value is -1.36. The summed E-state index contributed by atoms with van der Waals surface area (Å²) in [5, 5.41) is 20.3. The van der Waals surface area contributed by atoms with E-state index in [0.717, 1.165) is 0 Å². The van der Waals surface area contributed by atoms with Gasteiger partial charge in [0.1, 0.15) is 11.8 Å². The molecule has 2 atom stereocenters. The van der Waals surface area contributed by atoms with E-state index in [-0.39, 0.29) is 11.6 Å². The number of hydrogen-bond acceptors (Lipinski definition) is 3. The molecule has 0 spiro atoms. The van der Waals surface area contributed by atoms with Gasteiger partial charge in [0.25, 0.3) is 5.91 Å². The van der Waals surface area contributed by atoms with Crippen molar-refractivity contribution in [2.24, 2.45) is 5.92 Å². The van der Waals surface area contributed by atoms with Gasteiger partial charge in [0.2, 0.25) is 0 Å². The molecule has 15 heavy (non-hydrogen) atoms. The molecule has 5 heteroatoms. The molecule has 0 aromatic heterocycles. The summed E-state index contributed by atoms with van der Waals surface area (Å²) in [4.78, 5) is 21.9. The number of aliphatic hydroxyl groups excluding tert-OH is 1. The zero-order valence-electron chi connectivity index (χ0n) is 9.15. The summed E-state index contributed by atoms with van der Waals surface area (Å²) in [6, 6.07) is 0. The maximum atomic E-state index is 11.4. The van der Waals surface area contributed by atoms with Crippen LogP contribution >= 0.6 is 0 Å². The highest BCUT2D eigenvalue weighted by Crippen LogP contribution is 2.07. The quantitative estimate of drug-likeness (QED) is 0.583. The highest BCUT2D eigenvalue weighted by Gasteiger charge is 2.22. The van der Waals surface area contributed by atoms with Gasteiger partial charge in [-0.15, -0.1) is 0 Å². The maximum Gasteiger partial charge on any atom is 0.352 e. The van der Waals surface area contributed by atoms with Gasteiger partial charge in [0.05, 0.1) is 0 Å². The minimum absolute atomic E-state index is 0.197. The lowest BCUT2D eigenvalue weighted by atomic mass is 10.0. The van der Waals surface area contributed by atoms with Crippen molar-refractivity contribution in [3.63, 3.8) is 0 Å². The normalized spacial score (nSPS) is 15.6. The molecule has 0 aliphatic rings. The Kier molecular flexibility index (Phi) is 5.62. The number of carboxylic acids is 1. The second-order valence-electron chi connectivity index (χ2n) is 3.33. The Balaban J connectivity index is 4.42. The molecule has 5 nitrogen and oxygen atoms in total. The Labute approximate surface area is 88.8 Å². The molecule has 0 radical (unpaired) electrons. The Morgan fingerprint density at radius 3 is 2.33 bits per heavy atom. The molecule has 3 N–H and O–H groups in total. The van der Waals surface area contributed by atoms with Gasteiger partial charge in [-0.05, 0) is 12.8 Å². The van der Waals surface area contributed by atoms with Crippen LogP contribution in [-0.4, -0.2) is 28.2 Å². The van der Waals surface area contributed by atoms with Gasteiger partial charge in [-0.1, -0.05) is 26.3 Å². The van der Waals surface area contributed by atoms with Gasteiger partial charge >= 0.3 is 5.97 Å². The van der Waals surface area contributed by atoms with Crippen molar-refractivity contribution in [2.45, 2.75) is 33.3 Å². The van der Waals surface area contributed by atoms with Crippen molar-refractivity contribution in [3.05, 3.63) is 11.8 Å². The summed E-state index contributed by atoms with van der Waals surface area (Å²) in [6.45, 7) is 5.06. The highest BCUT2D eigenvalue weighted by molar-refractivity contribution is 5.93. The van der Waals surface area contributed by atoms with Crippen LogP contribution in [0.25, 0.3) is 0 Å². The van der Waals surface area contributed by atoms with E-state index in [1.54, 1.807) is 6.92 Å². The Morgan fingerprint density at radius 1 is 1.47 bits per heavy atom. The zero-order valence-corrected chi connectivity index (χ0v) is 9.15. The minimum atomic E-state index is -1.22. The van der Waals surface area contributed by atoms with Crippen LogP contribution < -0.4 is 5.32 Å². The SMILES string of the molecule is C/C=C(\NC(=O)C(O)C(C)CC)C(=O)O. The molecule has 0 aliphatic heterocycles. The number of aliphatic hydroxyl groups is 1. The van der Waals surface area contributed by atoms with E-state index in [1.807, 2.05) is 6.92 Å². The largest absolute Gasteiger partial charge is 0.477 e. The van der Waals surface area contributed by atoms with Crippen molar-refractivity contribution in [1.82, 2.24) is 5.32 Å². The smallest absolute Gasteiger partial charge is 0.352 e. The summed E-state index contributed by atoms with van der Waals surface area (Å²) in [5.41, 5.74) is -0.220. The highest BCUT2D eigenvalue weighted by atomic mass is 16.4. The summed E-state index contributed by atoms with van der Waals surface area (Å²) in [6.07, 6.45) is 0.737. The van der Waals surface area contributed by atoms with E-state index in [4.69, 9.17) is 5.11 Å². The van der Waals surface area contributed by atoms with Gasteiger partial charge in [-0.3, -0.25) is 4.79 Å². The average Bonchev–Trinajstić information content (AvgIpc) is 2.22. The molecule has 1 amide bonds. The van der Waals surface area contributed by atoms with E-state index >= 15 is 0 Å². The van der Waals surface area contributed by atoms with Crippen molar-refractivity contribution < 1.29 is 19.8 Å². The fraction of sp³-hybridized carbons (Fsp3) is 0.600. The summed E-state index contributed by atoms with van der Waals surface area (Å²) >= 11 is 0.